The van der Waals surface area contributed by atoms with Crippen LogP contribution in [0.1, 0.15) is 27.7 Å². The second-order valence-corrected chi connectivity index (χ2v) is 4.00. The molecule has 0 fully saturated rings. The molecule has 0 amide bonds. The second kappa shape index (κ2) is 5.79. The van der Waals surface area contributed by atoms with Crippen LogP contribution in [0.4, 0.5) is 0 Å². The van der Waals surface area contributed by atoms with Crippen molar-refractivity contribution in [1.82, 2.24) is 4.90 Å². The third-order valence-corrected chi connectivity index (χ3v) is 2.28. The van der Waals surface area contributed by atoms with Crippen molar-refractivity contribution >= 4 is 11.6 Å². The normalized spacial score (nSPS) is 14.8. The van der Waals surface area contributed by atoms with E-state index in [0.717, 1.165) is 0 Å². The Morgan fingerprint density at radius 2 is 1.58 bits per heavy atom. The van der Waals surface area contributed by atoms with Crippen LogP contribution in [0.5, 0.6) is 0 Å². The molecule has 0 saturated heterocycles. The maximum Gasteiger partial charge on any atom is 0.0802 e. The Labute approximate surface area is 80.5 Å². The van der Waals surface area contributed by atoms with Gasteiger partial charge in [0.2, 0.25) is 0 Å². The number of alkyl halides is 1. The first-order valence-corrected chi connectivity index (χ1v) is 5.02. The number of aliphatic hydroxyl groups is 1. The molecule has 0 bridgehead atoms. The average Bonchev–Trinajstić information content (AvgIpc) is 1.98. The Morgan fingerprint density at radius 1 is 1.17 bits per heavy atom. The van der Waals surface area contributed by atoms with E-state index in [9.17, 15) is 5.11 Å². The van der Waals surface area contributed by atoms with Gasteiger partial charge in [0.1, 0.15) is 0 Å². The third kappa shape index (κ3) is 4.29. The van der Waals surface area contributed by atoms with Crippen LogP contribution in [0, 0.1) is 0 Å². The van der Waals surface area contributed by atoms with Gasteiger partial charge in [0.05, 0.1) is 6.10 Å². The Morgan fingerprint density at radius 3 is 1.83 bits per heavy atom. The molecule has 0 spiro atoms. The van der Waals surface area contributed by atoms with E-state index in [2.05, 4.69) is 32.6 Å². The molecule has 74 valence electrons. The maximum absolute atomic E-state index is 9.35. The summed E-state index contributed by atoms with van der Waals surface area (Å²) in [6.45, 7) is 9.17. The van der Waals surface area contributed by atoms with Crippen molar-refractivity contribution < 1.29 is 5.11 Å². The molecule has 1 N–H and O–H groups in total. The first kappa shape index (κ1) is 12.2. The average molecular weight is 194 g/mol. The van der Waals surface area contributed by atoms with Crippen LogP contribution in [0.25, 0.3) is 0 Å². The summed E-state index contributed by atoms with van der Waals surface area (Å²) in [7, 11) is 0. The minimum Gasteiger partial charge on any atom is -0.391 e. The van der Waals surface area contributed by atoms with Crippen LogP contribution in [0.2, 0.25) is 0 Å². The first-order chi connectivity index (χ1) is 5.49. The molecule has 3 heteroatoms. The fraction of sp³-hybridized carbons (Fsp3) is 1.00. The van der Waals surface area contributed by atoms with Crippen molar-refractivity contribution in [2.24, 2.45) is 0 Å². The van der Waals surface area contributed by atoms with Gasteiger partial charge >= 0.3 is 0 Å². The predicted molar refractivity (Wildman–Crippen MR) is 53.7 cm³/mol. The molecule has 0 aromatic rings. The van der Waals surface area contributed by atoms with Gasteiger partial charge in [-0.3, -0.25) is 4.90 Å². The lowest BCUT2D eigenvalue weighted by Gasteiger charge is -2.31. The maximum atomic E-state index is 9.35. The lowest BCUT2D eigenvalue weighted by atomic mass is 10.2. The number of aliphatic hydroxyl groups excluding tert-OH is 1. The standard InChI is InChI=1S/C9H20ClNO/c1-7(2)11(8(3)4)6-9(12)5-10/h7-9,12H,5-6H2,1-4H3. The molecule has 0 heterocycles. The molecule has 1 atom stereocenters. The van der Waals surface area contributed by atoms with E-state index in [1.165, 1.54) is 0 Å². The minimum absolute atomic E-state index is 0.315. The van der Waals surface area contributed by atoms with Crippen molar-refractivity contribution in [3.63, 3.8) is 0 Å². The molecule has 0 aliphatic heterocycles. The smallest absolute Gasteiger partial charge is 0.0802 e. The zero-order valence-electron chi connectivity index (χ0n) is 8.42. The highest BCUT2D eigenvalue weighted by atomic mass is 35.5. The number of hydrogen-bond donors (Lipinski definition) is 1. The van der Waals surface area contributed by atoms with E-state index in [0.29, 0.717) is 24.5 Å². The lowest BCUT2D eigenvalue weighted by Crippen LogP contribution is -2.42. The molecule has 2 nitrogen and oxygen atoms in total. The Kier molecular flexibility index (Phi) is 5.89. The summed E-state index contributed by atoms with van der Waals surface area (Å²) in [5.41, 5.74) is 0. The van der Waals surface area contributed by atoms with Gasteiger partial charge in [-0.2, -0.15) is 0 Å². The van der Waals surface area contributed by atoms with Crippen molar-refractivity contribution in [2.75, 3.05) is 12.4 Å². The summed E-state index contributed by atoms with van der Waals surface area (Å²) in [5.74, 6) is 0.315. The summed E-state index contributed by atoms with van der Waals surface area (Å²) in [5, 5.41) is 9.35. The van der Waals surface area contributed by atoms with Gasteiger partial charge in [-0.1, -0.05) is 0 Å². The van der Waals surface area contributed by atoms with Crippen molar-refractivity contribution in [1.29, 1.82) is 0 Å². The number of nitrogens with zero attached hydrogens (tertiary/aromatic N) is 1. The summed E-state index contributed by atoms with van der Waals surface area (Å²) in [4.78, 5) is 2.23. The van der Waals surface area contributed by atoms with Crippen molar-refractivity contribution in [3.8, 4) is 0 Å². The predicted octanol–water partition coefficient (Wildman–Crippen LogP) is 1.70. The Hall–Kier alpha value is 0.210. The van der Waals surface area contributed by atoms with E-state index in [4.69, 9.17) is 11.6 Å². The zero-order chi connectivity index (χ0) is 9.72. The fourth-order valence-corrected chi connectivity index (χ4v) is 1.41. The van der Waals surface area contributed by atoms with Crippen LogP contribution in [0.15, 0.2) is 0 Å². The quantitative estimate of drug-likeness (QED) is 0.672. The van der Waals surface area contributed by atoms with E-state index in [1.54, 1.807) is 0 Å². The van der Waals surface area contributed by atoms with Gasteiger partial charge in [0.25, 0.3) is 0 Å². The molecule has 0 saturated carbocycles. The van der Waals surface area contributed by atoms with E-state index < -0.39 is 6.10 Å². The van der Waals surface area contributed by atoms with Crippen LogP contribution >= 0.6 is 11.6 Å². The van der Waals surface area contributed by atoms with Crippen LogP contribution in [0.3, 0.4) is 0 Å². The largest absolute Gasteiger partial charge is 0.391 e. The summed E-state index contributed by atoms with van der Waals surface area (Å²) in [6.07, 6.45) is -0.406. The van der Waals surface area contributed by atoms with Crippen molar-refractivity contribution in [3.05, 3.63) is 0 Å². The fourth-order valence-electron chi connectivity index (χ4n) is 1.31. The number of hydrogen-bond acceptors (Lipinski definition) is 2. The number of rotatable bonds is 5. The highest BCUT2D eigenvalue weighted by Gasteiger charge is 2.16. The molecule has 12 heavy (non-hydrogen) atoms. The van der Waals surface area contributed by atoms with E-state index in [-0.39, 0.29) is 0 Å². The first-order valence-electron chi connectivity index (χ1n) is 4.48. The van der Waals surface area contributed by atoms with Gasteiger partial charge in [0.15, 0.2) is 0 Å². The van der Waals surface area contributed by atoms with Gasteiger partial charge < -0.3 is 5.11 Å². The molecule has 0 aromatic carbocycles. The van der Waals surface area contributed by atoms with Gasteiger partial charge in [-0.15, -0.1) is 11.6 Å². The monoisotopic (exact) mass is 193 g/mol. The Bertz CT molecular complexity index is 109. The molecule has 0 radical (unpaired) electrons. The molecular formula is C9H20ClNO. The molecular weight excluding hydrogens is 174 g/mol. The van der Waals surface area contributed by atoms with Gasteiger partial charge in [-0.25, -0.2) is 0 Å². The van der Waals surface area contributed by atoms with E-state index in [1.807, 2.05) is 0 Å². The highest BCUT2D eigenvalue weighted by molar-refractivity contribution is 6.18. The summed E-state index contributed by atoms with van der Waals surface area (Å²) >= 11 is 5.53. The third-order valence-electron chi connectivity index (χ3n) is 1.93. The van der Waals surface area contributed by atoms with Gasteiger partial charge in [-0.05, 0) is 27.7 Å². The van der Waals surface area contributed by atoms with Crippen LogP contribution in [-0.2, 0) is 0 Å². The SMILES string of the molecule is CC(C)N(CC(O)CCl)C(C)C. The molecule has 0 aromatic heterocycles. The summed E-state index contributed by atoms with van der Waals surface area (Å²) in [6, 6.07) is 0.922. The second-order valence-electron chi connectivity index (χ2n) is 3.69. The molecule has 0 aliphatic carbocycles. The minimum atomic E-state index is -0.406. The lowest BCUT2D eigenvalue weighted by molar-refractivity contribution is 0.0880. The van der Waals surface area contributed by atoms with Crippen LogP contribution < -0.4 is 0 Å². The molecule has 0 rings (SSSR count). The topological polar surface area (TPSA) is 23.5 Å². The van der Waals surface area contributed by atoms with Crippen LogP contribution in [-0.4, -0.2) is 40.6 Å². The molecule has 0 aliphatic rings. The van der Waals surface area contributed by atoms with Gasteiger partial charge in [0, 0.05) is 24.5 Å². The molecule has 1 unspecified atom stereocenters. The number of halogens is 1. The highest BCUT2D eigenvalue weighted by Crippen LogP contribution is 2.06. The van der Waals surface area contributed by atoms with E-state index >= 15 is 0 Å². The zero-order valence-corrected chi connectivity index (χ0v) is 9.17. The Balaban J connectivity index is 3.95. The summed E-state index contributed by atoms with van der Waals surface area (Å²) < 4.78 is 0. The van der Waals surface area contributed by atoms with Crippen molar-refractivity contribution in [2.45, 2.75) is 45.9 Å².